The van der Waals surface area contributed by atoms with E-state index in [9.17, 15) is 13.2 Å². The molecule has 1 amide bonds. The average Bonchev–Trinajstić information content (AvgIpc) is 2.72. The Morgan fingerprint density at radius 2 is 1.66 bits per heavy atom. The minimum Gasteiger partial charge on any atom is -0.352 e. The molecule has 2 unspecified atom stereocenters. The third-order valence-corrected chi connectivity index (χ3v) is 9.55. The Bertz CT molecular complexity index is 910. The standard InChI is InChI=1S/C25H41N3O3S/c1-17-8-7-11-27(15-17)16-20(4)26-25(29)23-9-12-28(13-10-23)32(30,31)24-21(5)18(2)14-19(3)22(24)6/h14,17,20,23H,7-13,15-16H2,1-6H3,(H,26,29). The summed E-state index contributed by atoms with van der Waals surface area (Å²) in [6.07, 6.45) is 3.66. The van der Waals surface area contributed by atoms with Gasteiger partial charge in [0.1, 0.15) is 0 Å². The predicted octanol–water partition coefficient (Wildman–Crippen LogP) is 3.56. The molecule has 0 saturated carbocycles. The van der Waals surface area contributed by atoms with Gasteiger partial charge in [-0.15, -0.1) is 0 Å². The Morgan fingerprint density at radius 3 is 2.22 bits per heavy atom. The largest absolute Gasteiger partial charge is 0.352 e. The number of benzene rings is 1. The lowest BCUT2D eigenvalue weighted by atomic mass is 9.96. The second kappa shape index (κ2) is 10.2. The topological polar surface area (TPSA) is 69.7 Å². The fourth-order valence-electron chi connectivity index (χ4n) is 5.30. The Kier molecular flexibility index (Phi) is 8.05. The van der Waals surface area contributed by atoms with Gasteiger partial charge < -0.3 is 10.2 Å². The Morgan fingerprint density at radius 1 is 1.06 bits per heavy atom. The van der Waals surface area contributed by atoms with E-state index in [0.29, 0.717) is 30.8 Å². The highest BCUT2D eigenvalue weighted by Crippen LogP contribution is 2.31. The fourth-order valence-corrected chi connectivity index (χ4v) is 7.35. The molecule has 2 heterocycles. The summed E-state index contributed by atoms with van der Waals surface area (Å²) in [5.74, 6) is 0.673. The number of rotatable bonds is 6. The van der Waals surface area contributed by atoms with Crippen LogP contribution < -0.4 is 5.32 Å². The summed E-state index contributed by atoms with van der Waals surface area (Å²) in [5, 5.41) is 3.18. The number of likely N-dealkylation sites (tertiary alicyclic amines) is 1. The van der Waals surface area contributed by atoms with Crippen LogP contribution in [0.5, 0.6) is 0 Å². The number of hydrogen-bond acceptors (Lipinski definition) is 4. The first-order chi connectivity index (χ1) is 15.0. The number of nitrogens with one attached hydrogen (secondary N) is 1. The van der Waals surface area contributed by atoms with Crippen LogP contribution in [0.1, 0.15) is 61.8 Å². The van der Waals surface area contributed by atoms with Crippen LogP contribution in [-0.4, -0.2) is 62.3 Å². The Labute approximate surface area is 194 Å². The van der Waals surface area contributed by atoms with Gasteiger partial charge in [-0.3, -0.25) is 4.79 Å². The van der Waals surface area contributed by atoms with E-state index in [-0.39, 0.29) is 17.9 Å². The highest BCUT2D eigenvalue weighted by atomic mass is 32.2. The molecule has 6 nitrogen and oxygen atoms in total. The first kappa shape index (κ1) is 25.2. The SMILES string of the molecule is Cc1cc(C)c(C)c(S(=O)(=O)N2CCC(C(=O)NC(C)CN3CCCC(C)C3)CC2)c1C. The maximum Gasteiger partial charge on any atom is 0.243 e. The van der Waals surface area contributed by atoms with Gasteiger partial charge in [0.05, 0.1) is 4.90 Å². The van der Waals surface area contributed by atoms with Crippen LogP contribution in [0, 0.1) is 39.5 Å². The summed E-state index contributed by atoms with van der Waals surface area (Å²) in [4.78, 5) is 15.7. The van der Waals surface area contributed by atoms with Gasteiger partial charge in [-0.05, 0) is 95.0 Å². The number of aryl methyl sites for hydroxylation is 2. The Balaban J connectivity index is 1.58. The van der Waals surface area contributed by atoms with Crippen molar-refractivity contribution in [2.24, 2.45) is 11.8 Å². The number of hydrogen-bond donors (Lipinski definition) is 1. The lowest BCUT2D eigenvalue weighted by Crippen LogP contribution is -2.48. The zero-order valence-corrected chi connectivity index (χ0v) is 21.5. The van der Waals surface area contributed by atoms with E-state index >= 15 is 0 Å². The second-order valence-corrected chi connectivity index (χ2v) is 12.1. The molecule has 2 aliphatic rings. The van der Waals surface area contributed by atoms with Gasteiger partial charge in [0.15, 0.2) is 0 Å². The number of piperidine rings is 2. The number of carbonyl (C=O) groups is 1. The van der Waals surface area contributed by atoms with Crippen LogP contribution in [-0.2, 0) is 14.8 Å². The third kappa shape index (κ3) is 5.54. The van der Waals surface area contributed by atoms with E-state index in [4.69, 9.17) is 0 Å². The number of carbonyl (C=O) groups excluding carboxylic acids is 1. The van der Waals surface area contributed by atoms with Gasteiger partial charge in [-0.1, -0.05) is 13.0 Å². The number of sulfonamides is 1. The van der Waals surface area contributed by atoms with Crippen molar-refractivity contribution in [3.8, 4) is 0 Å². The van der Waals surface area contributed by atoms with E-state index in [1.165, 1.54) is 12.8 Å². The van der Waals surface area contributed by atoms with Crippen molar-refractivity contribution in [2.75, 3.05) is 32.7 Å². The molecule has 1 N–H and O–H groups in total. The maximum atomic E-state index is 13.5. The van der Waals surface area contributed by atoms with Crippen LogP contribution in [0.25, 0.3) is 0 Å². The normalized spacial score (nSPS) is 22.6. The highest BCUT2D eigenvalue weighted by Gasteiger charge is 2.34. The molecule has 2 saturated heterocycles. The molecule has 0 radical (unpaired) electrons. The van der Waals surface area contributed by atoms with E-state index in [1.807, 2.05) is 33.8 Å². The van der Waals surface area contributed by atoms with Crippen molar-refractivity contribution >= 4 is 15.9 Å². The van der Waals surface area contributed by atoms with Crippen molar-refractivity contribution in [3.63, 3.8) is 0 Å². The lowest BCUT2D eigenvalue weighted by Gasteiger charge is -2.34. The molecule has 2 aliphatic heterocycles. The van der Waals surface area contributed by atoms with Crippen molar-refractivity contribution in [1.29, 1.82) is 0 Å². The third-order valence-electron chi connectivity index (χ3n) is 7.38. The zero-order valence-electron chi connectivity index (χ0n) is 20.7. The highest BCUT2D eigenvalue weighted by molar-refractivity contribution is 7.89. The lowest BCUT2D eigenvalue weighted by molar-refractivity contribution is -0.126. The van der Waals surface area contributed by atoms with Crippen molar-refractivity contribution in [3.05, 3.63) is 28.3 Å². The molecule has 2 fully saturated rings. The molecule has 7 heteroatoms. The van der Waals surface area contributed by atoms with Crippen LogP contribution in [0.2, 0.25) is 0 Å². The summed E-state index contributed by atoms with van der Waals surface area (Å²) < 4.78 is 28.5. The molecular weight excluding hydrogens is 422 g/mol. The number of nitrogens with zero attached hydrogens (tertiary/aromatic N) is 2. The summed E-state index contributed by atoms with van der Waals surface area (Å²) in [6.45, 7) is 15.9. The first-order valence-electron chi connectivity index (χ1n) is 12.1. The molecule has 0 spiro atoms. The average molecular weight is 464 g/mol. The van der Waals surface area contributed by atoms with Gasteiger partial charge in [0.2, 0.25) is 15.9 Å². The minimum absolute atomic E-state index is 0.0679. The number of amides is 1. The quantitative estimate of drug-likeness (QED) is 0.700. The molecule has 2 atom stereocenters. The Hall–Kier alpha value is -1.44. The van der Waals surface area contributed by atoms with Crippen LogP contribution in [0.15, 0.2) is 11.0 Å². The van der Waals surface area contributed by atoms with Crippen LogP contribution in [0.4, 0.5) is 0 Å². The molecule has 0 aliphatic carbocycles. The van der Waals surface area contributed by atoms with Crippen molar-refractivity contribution in [1.82, 2.24) is 14.5 Å². The van der Waals surface area contributed by atoms with Gasteiger partial charge in [0, 0.05) is 38.1 Å². The molecule has 180 valence electrons. The van der Waals surface area contributed by atoms with E-state index in [1.54, 1.807) is 4.31 Å². The van der Waals surface area contributed by atoms with E-state index in [0.717, 1.165) is 47.8 Å². The second-order valence-electron chi connectivity index (χ2n) is 10.2. The van der Waals surface area contributed by atoms with Crippen molar-refractivity contribution in [2.45, 2.75) is 78.2 Å². The molecule has 32 heavy (non-hydrogen) atoms. The van der Waals surface area contributed by atoms with Gasteiger partial charge in [-0.2, -0.15) is 4.31 Å². The van der Waals surface area contributed by atoms with Crippen molar-refractivity contribution < 1.29 is 13.2 Å². The molecule has 3 rings (SSSR count). The molecule has 1 aromatic rings. The smallest absolute Gasteiger partial charge is 0.243 e. The van der Waals surface area contributed by atoms with Gasteiger partial charge in [0.25, 0.3) is 0 Å². The fraction of sp³-hybridized carbons (Fsp3) is 0.720. The predicted molar refractivity (Wildman–Crippen MR) is 129 cm³/mol. The summed E-state index contributed by atoms with van der Waals surface area (Å²) in [7, 11) is -3.57. The minimum atomic E-state index is -3.57. The maximum absolute atomic E-state index is 13.5. The zero-order chi connectivity index (χ0) is 23.6. The molecule has 0 aromatic heterocycles. The van der Waals surface area contributed by atoms with Gasteiger partial charge >= 0.3 is 0 Å². The van der Waals surface area contributed by atoms with Crippen LogP contribution >= 0.6 is 0 Å². The molecule has 0 bridgehead atoms. The summed E-state index contributed by atoms with van der Waals surface area (Å²) >= 11 is 0. The van der Waals surface area contributed by atoms with Gasteiger partial charge in [-0.25, -0.2) is 8.42 Å². The molecule has 1 aromatic carbocycles. The summed E-state index contributed by atoms with van der Waals surface area (Å²) in [5.41, 5.74) is 3.65. The first-order valence-corrected chi connectivity index (χ1v) is 13.5. The van der Waals surface area contributed by atoms with E-state index < -0.39 is 10.0 Å². The van der Waals surface area contributed by atoms with E-state index in [2.05, 4.69) is 24.1 Å². The monoisotopic (exact) mass is 463 g/mol. The summed E-state index contributed by atoms with van der Waals surface area (Å²) in [6, 6.07) is 2.15. The van der Waals surface area contributed by atoms with Crippen LogP contribution in [0.3, 0.4) is 0 Å². The molecular formula is C25H41N3O3S.